The molecule has 0 saturated heterocycles. The van der Waals surface area contributed by atoms with Crippen molar-refractivity contribution in [3.8, 4) is 0 Å². The quantitative estimate of drug-likeness (QED) is 0.816. The topological polar surface area (TPSA) is 75.3 Å². The first kappa shape index (κ1) is 14.0. The van der Waals surface area contributed by atoms with Gasteiger partial charge in [-0.1, -0.05) is 22.9 Å². The van der Waals surface area contributed by atoms with Crippen LogP contribution in [0.3, 0.4) is 0 Å². The predicted molar refractivity (Wildman–Crippen MR) is 71.7 cm³/mol. The third kappa shape index (κ3) is 4.74. The SMILES string of the molecule is CCC(=O)Nc1ccc(NS(=O)(=O)CBr)cc1. The highest BCUT2D eigenvalue weighted by Gasteiger charge is 2.07. The number of alkyl halides is 1. The van der Waals surface area contributed by atoms with Gasteiger partial charge in [-0.05, 0) is 24.3 Å². The van der Waals surface area contributed by atoms with E-state index in [0.29, 0.717) is 17.8 Å². The molecule has 5 nitrogen and oxygen atoms in total. The van der Waals surface area contributed by atoms with Crippen LogP contribution in [0.4, 0.5) is 11.4 Å². The van der Waals surface area contributed by atoms with Crippen LogP contribution < -0.4 is 10.0 Å². The number of rotatable bonds is 5. The van der Waals surface area contributed by atoms with Gasteiger partial charge >= 0.3 is 0 Å². The van der Waals surface area contributed by atoms with Crippen molar-refractivity contribution in [1.29, 1.82) is 0 Å². The molecule has 0 radical (unpaired) electrons. The minimum atomic E-state index is -3.33. The summed E-state index contributed by atoms with van der Waals surface area (Å²) in [5.41, 5.74) is 1.09. The Morgan fingerprint density at radius 3 is 2.24 bits per heavy atom. The molecule has 1 amide bonds. The number of halogens is 1. The molecule has 0 spiro atoms. The zero-order valence-corrected chi connectivity index (χ0v) is 11.6. The molecule has 0 bridgehead atoms. The molecular weight excluding hydrogens is 308 g/mol. The van der Waals surface area contributed by atoms with Crippen LogP contribution in [0.5, 0.6) is 0 Å². The third-order valence-corrected chi connectivity index (χ3v) is 4.55. The summed E-state index contributed by atoms with van der Waals surface area (Å²) in [5, 5.41) is 2.67. The van der Waals surface area contributed by atoms with Gasteiger partial charge in [-0.3, -0.25) is 9.52 Å². The summed E-state index contributed by atoms with van der Waals surface area (Å²) in [6.07, 6.45) is 0.401. The van der Waals surface area contributed by atoms with Gasteiger partial charge < -0.3 is 5.32 Å². The third-order valence-electron chi connectivity index (χ3n) is 1.91. The van der Waals surface area contributed by atoms with Crippen LogP contribution in [0.25, 0.3) is 0 Å². The van der Waals surface area contributed by atoms with Gasteiger partial charge in [-0.2, -0.15) is 0 Å². The Morgan fingerprint density at radius 1 is 1.24 bits per heavy atom. The van der Waals surface area contributed by atoms with Crippen molar-refractivity contribution in [1.82, 2.24) is 0 Å². The van der Waals surface area contributed by atoms with Crippen molar-refractivity contribution in [2.24, 2.45) is 0 Å². The Kier molecular flexibility index (Phi) is 4.95. The monoisotopic (exact) mass is 320 g/mol. The second-order valence-electron chi connectivity index (χ2n) is 3.30. The van der Waals surface area contributed by atoms with E-state index in [1.165, 1.54) is 0 Å². The molecule has 0 aromatic heterocycles. The van der Waals surface area contributed by atoms with Gasteiger partial charge in [-0.25, -0.2) is 8.42 Å². The van der Waals surface area contributed by atoms with E-state index in [9.17, 15) is 13.2 Å². The average molecular weight is 321 g/mol. The number of hydrogen-bond donors (Lipinski definition) is 2. The summed E-state index contributed by atoms with van der Waals surface area (Å²) in [6.45, 7) is 1.76. The highest BCUT2D eigenvalue weighted by molar-refractivity contribution is 9.10. The minimum Gasteiger partial charge on any atom is -0.326 e. The molecule has 1 aromatic rings. The molecule has 0 atom stereocenters. The highest BCUT2D eigenvalue weighted by atomic mass is 79.9. The molecule has 0 aliphatic rings. The van der Waals surface area contributed by atoms with Gasteiger partial charge in [0.15, 0.2) is 0 Å². The lowest BCUT2D eigenvalue weighted by molar-refractivity contribution is -0.115. The van der Waals surface area contributed by atoms with E-state index in [1.807, 2.05) is 0 Å². The molecule has 2 N–H and O–H groups in total. The first-order chi connectivity index (χ1) is 7.96. The van der Waals surface area contributed by atoms with E-state index in [2.05, 4.69) is 26.0 Å². The summed E-state index contributed by atoms with van der Waals surface area (Å²) >= 11 is 2.88. The molecule has 0 aliphatic heterocycles. The summed E-state index contributed by atoms with van der Waals surface area (Å²) in [6, 6.07) is 6.45. The second kappa shape index (κ2) is 6.02. The summed E-state index contributed by atoms with van der Waals surface area (Å²) < 4.78 is 24.7. The molecule has 17 heavy (non-hydrogen) atoms. The molecule has 0 heterocycles. The zero-order valence-electron chi connectivity index (χ0n) is 9.23. The standard InChI is InChI=1S/C10H13BrN2O3S/c1-2-10(14)12-8-3-5-9(6-4-8)13-17(15,16)7-11/h3-6,13H,2,7H2,1H3,(H,12,14). The summed E-state index contributed by atoms with van der Waals surface area (Å²) in [4.78, 5) is 11.1. The van der Waals surface area contributed by atoms with Crippen LogP contribution in [0.15, 0.2) is 24.3 Å². The Bertz CT molecular complexity index is 485. The average Bonchev–Trinajstić information content (AvgIpc) is 2.31. The van der Waals surface area contributed by atoms with Crippen molar-refractivity contribution in [2.75, 3.05) is 14.7 Å². The fraction of sp³-hybridized carbons (Fsp3) is 0.300. The first-order valence-corrected chi connectivity index (χ1v) is 7.70. The van der Waals surface area contributed by atoms with Crippen LogP contribution >= 0.6 is 15.9 Å². The number of carbonyl (C=O) groups excluding carboxylic acids is 1. The smallest absolute Gasteiger partial charge is 0.242 e. The molecule has 0 aliphatic carbocycles. The molecule has 7 heteroatoms. The molecule has 0 fully saturated rings. The summed E-state index contributed by atoms with van der Waals surface area (Å²) in [5.74, 6) is -0.0845. The summed E-state index contributed by atoms with van der Waals surface area (Å²) in [7, 11) is -3.33. The maximum atomic E-state index is 11.3. The largest absolute Gasteiger partial charge is 0.326 e. The normalized spacial score (nSPS) is 10.9. The van der Waals surface area contributed by atoms with Crippen molar-refractivity contribution in [2.45, 2.75) is 13.3 Å². The Balaban J connectivity index is 2.72. The minimum absolute atomic E-state index is 0.0845. The number of benzene rings is 1. The van der Waals surface area contributed by atoms with Gasteiger partial charge in [0.2, 0.25) is 15.9 Å². The Morgan fingerprint density at radius 2 is 1.76 bits per heavy atom. The van der Waals surface area contributed by atoms with Crippen molar-refractivity contribution in [3.05, 3.63) is 24.3 Å². The lowest BCUT2D eigenvalue weighted by Crippen LogP contribution is -2.13. The second-order valence-corrected chi connectivity index (χ2v) is 6.33. The number of nitrogens with one attached hydrogen (secondary N) is 2. The maximum absolute atomic E-state index is 11.3. The molecule has 1 rings (SSSR count). The first-order valence-electron chi connectivity index (χ1n) is 4.93. The van der Waals surface area contributed by atoms with Gasteiger partial charge in [0.1, 0.15) is 4.66 Å². The lowest BCUT2D eigenvalue weighted by Gasteiger charge is -2.07. The van der Waals surface area contributed by atoms with Crippen LogP contribution in [0.2, 0.25) is 0 Å². The van der Waals surface area contributed by atoms with Gasteiger partial charge in [0, 0.05) is 17.8 Å². The molecule has 94 valence electrons. The molecule has 0 saturated carbocycles. The van der Waals surface area contributed by atoms with E-state index < -0.39 is 10.0 Å². The van der Waals surface area contributed by atoms with Gasteiger partial charge in [0.05, 0.1) is 0 Å². The van der Waals surface area contributed by atoms with Crippen LogP contribution in [-0.2, 0) is 14.8 Å². The fourth-order valence-electron chi connectivity index (χ4n) is 1.08. The van der Waals surface area contributed by atoms with Crippen molar-refractivity contribution in [3.63, 3.8) is 0 Å². The number of hydrogen-bond acceptors (Lipinski definition) is 3. The van der Waals surface area contributed by atoms with E-state index in [1.54, 1.807) is 31.2 Å². The van der Waals surface area contributed by atoms with Crippen LogP contribution in [0, 0.1) is 0 Å². The molecule has 0 unspecified atom stereocenters. The van der Waals surface area contributed by atoms with Crippen molar-refractivity contribution >= 4 is 43.2 Å². The number of amides is 1. The van der Waals surface area contributed by atoms with E-state index >= 15 is 0 Å². The van der Waals surface area contributed by atoms with E-state index in [0.717, 1.165) is 0 Å². The Labute approximate surface area is 109 Å². The van der Waals surface area contributed by atoms with Gasteiger partial charge in [-0.15, -0.1) is 0 Å². The number of carbonyl (C=O) groups is 1. The zero-order chi connectivity index (χ0) is 12.9. The van der Waals surface area contributed by atoms with Crippen LogP contribution in [-0.4, -0.2) is 19.0 Å². The lowest BCUT2D eigenvalue weighted by atomic mass is 10.3. The predicted octanol–water partition coefficient (Wildman–Crippen LogP) is 2.13. The van der Waals surface area contributed by atoms with Crippen LogP contribution in [0.1, 0.15) is 13.3 Å². The van der Waals surface area contributed by atoms with Crippen molar-refractivity contribution < 1.29 is 13.2 Å². The van der Waals surface area contributed by atoms with E-state index in [-0.39, 0.29) is 10.6 Å². The Hall–Kier alpha value is -1.08. The molecular formula is C10H13BrN2O3S. The highest BCUT2D eigenvalue weighted by Crippen LogP contribution is 2.15. The maximum Gasteiger partial charge on any atom is 0.242 e. The fourth-order valence-corrected chi connectivity index (χ4v) is 1.97. The van der Waals surface area contributed by atoms with E-state index in [4.69, 9.17) is 0 Å². The van der Waals surface area contributed by atoms with Gasteiger partial charge in [0.25, 0.3) is 0 Å². The number of anilines is 2. The molecule has 1 aromatic carbocycles. The number of sulfonamides is 1.